The number of halogens is 2. The number of aryl methyl sites for hydroxylation is 1. The summed E-state index contributed by atoms with van der Waals surface area (Å²) in [6.45, 7) is 2.87. The Hall–Kier alpha value is -3.10. The van der Waals surface area contributed by atoms with Crippen LogP contribution in [0.25, 0.3) is 5.69 Å². The highest BCUT2D eigenvalue weighted by Crippen LogP contribution is 2.79. The minimum absolute atomic E-state index is 0.0538. The van der Waals surface area contributed by atoms with Gasteiger partial charge in [0.15, 0.2) is 5.82 Å². The number of carbonyl (C=O) groups excluding carboxylic acids is 1. The first-order valence-corrected chi connectivity index (χ1v) is 15.3. The van der Waals surface area contributed by atoms with Gasteiger partial charge in [-0.2, -0.15) is 0 Å². The molecule has 3 fully saturated rings. The van der Waals surface area contributed by atoms with Crippen molar-refractivity contribution in [2.75, 3.05) is 5.32 Å². The summed E-state index contributed by atoms with van der Waals surface area (Å²) in [7, 11) is 0. The molecule has 2 aromatic carbocycles. The van der Waals surface area contributed by atoms with E-state index in [1.807, 2.05) is 23.8 Å². The highest BCUT2D eigenvalue weighted by atomic mass is 19.1. The fourth-order valence-corrected chi connectivity index (χ4v) is 8.38. The van der Waals surface area contributed by atoms with Crippen LogP contribution in [-0.4, -0.2) is 33.1 Å². The van der Waals surface area contributed by atoms with Crippen molar-refractivity contribution in [2.45, 2.75) is 95.3 Å². The van der Waals surface area contributed by atoms with E-state index < -0.39 is 17.7 Å². The molecule has 41 heavy (non-hydrogen) atoms. The molecule has 3 saturated carbocycles. The summed E-state index contributed by atoms with van der Waals surface area (Å²) in [5, 5.41) is 10.4. The zero-order valence-corrected chi connectivity index (χ0v) is 23.7. The van der Waals surface area contributed by atoms with Gasteiger partial charge in [0.2, 0.25) is 5.91 Å². The molecule has 3 aromatic rings. The Bertz CT molecular complexity index is 1470. The Morgan fingerprint density at radius 2 is 2.10 bits per heavy atom. The van der Waals surface area contributed by atoms with E-state index in [0.717, 1.165) is 42.6 Å². The molecule has 8 heteroatoms. The molecule has 0 radical (unpaired) electrons. The summed E-state index contributed by atoms with van der Waals surface area (Å²) in [6, 6.07) is 10.3. The van der Waals surface area contributed by atoms with Crippen molar-refractivity contribution in [3.8, 4) is 5.69 Å². The number of anilines is 1. The molecular weight excluding hydrogens is 520 g/mol. The Morgan fingerprint density at radius 3 is 2.95 bits per heavy atom. The lowest BCUT2D eigenvalue weighted by Crippen LogP contribution is -2.48. The molecule has 1 spiro atoms. The van der Waals surface area contributed by atoms with E-state index in [4.69, 9.17) is 0 Å². The smallest absolute Gasteiger partial charge is 0.242 e. The van der Waals surface area contributed by atoms with Crippen LogP contribution in [0.5, 0.6) is 0 Å². The molecule has 0 aliphatic heterocycles. The first-order valence-electron chi connectivity index (χ1n) is 15.3. The summed E-state index contributed by atoms with van der Waals surface area (Å²) >= 11 is 0. The Kier molecular flexibility index (Phi) is 6.74. The molecule has 216 valence electrons. The third kappa shape index (κ3) is 4.69. The van der Waals surface area contributed by atoms with E-state index in [9.17, 15) is 13.6 Å². The number of rotatable bonds is 10. The quantitative estimate of drug-likeness (QED) is 0.293. The first-order chi connectivity index (χ1) is 19.9. The second-order valence-corrected chi connectivity index (χ2v) is 12.8. The van der Waals surface area contributed by atoms with Gasteiger partial charge in [0.1, 0.15) is 18.0 Å². The molecular formula is C33H39F2N5O. The molecule has 7 rings (SSSR count). The van der Waals surface area contributed by atoms with Crippen LogP contribution in [0, 0.1) is 23.0 Å². The second kappa shape index (κ2) is 10.3. The van der Waals surface area contributed by atoms with Gasteiger partial charge in [-0.15, -0.1) is 0 Å². The van der Waals surface area contributed by atoms with Crippen LogP contribution in [0.3, 0.4) is 0 Å². The lowest BCUT2D eigenvalue weighted by atomic mass is 9.71. The molecule has 1 aromatic heterocycles. The molecule has 4 aliphatic carbocycles. The van der Waals surface area contributed by atoms with E-state index in [2.05, 4.69) is 39.1 Å². The minimum atomic E-state index is -0.536. The van der Waals surface area contributed by atoms with Gasteiger partial charge in [-0.25, -0.2) is 13.8 Å². The van der Waals surface area contributed by atoms with Crippen molar-refractivity contribution in [3.05, 3.63) is 77.2 Å². The zero-order chi connectivity index (χ0) is 28.2. The van der Waals surface area contributed by atoms with Gasteiger partial charge in [0.25, 0.3) is 0 Å². The van der Waals surface area contributed by atoms with Crippen LogP contribution in [0.4, 0.5) is 14.6 Å². The van der Waals surface area contributed by atoms with Crippen LogP contribution in [0.2, 0.25) is 0 Å². The van der Waals surface area contributed by atoms with Crippen LogP contribution in [-0.2, 0) is 24.2 Å². The number of para-hydroxylation sites is 1. The summed E-state index contributed by atoms with van der Waals surface area (Å²) in [6.07, 6.45) is 13.7. The van der Waals surface area contributed by atoms with Gasteiger partial charge in [-0.05, 0) is 91.5 Å². The number of aromatic nitrogens is 2. The normalized spacial score (nSPS) is 28.3. The SMILES string of the molecule is CCCC(N[C@H]1CCc2cc(F)cc(F)c2C1)C(=O)Nc1cn(-c2ccccc2CN[C@]23C[C@@H]4CCCC42C3)cn1. The first kappa shape index (κ1) is 26.8. The predicted octanol–water partition coefficient (Wildman–Crippen LogP) is 5.83. The highest BCUT2D eigenvalue weighted by Gasteiger charge is 2.79. The Labute approximate surface area is 240 Å². The van der Waals surface area contributed by atoms with E-state index in [0.29, 0.717) is 41.6 Å². The van der Waals surface area contributed by atoms with Crippen molar-refractivity contribution in [1.29, 1.82) is 0 Å². The van der Waals surface area contributed by atoms with Crippen LogP contribution < -0.4 is 16.0 Å². The maximum Gasteiger partial charge on any atom is 0.242 e. The van der Waals surface area contributed by atoms with Crippen molar-refractivity contribution in [3.63, 3.8) is 0 Å². The highest BCUT2D eigenvalue weighted by molar-refractivity contribution is 5.94. The maximum absolute atomic E-state index is 14.4. The summed E-state index contributed by atoms with van der Waals surface area (Å²) in [5.74, 6) is 0.257. The van der Waals surface area contributed by atoms with Crippen molar-refractivity contribution >= 4 is 11.7 Å². The fourth-order valence-electron chi connectivity index (χ4n) is 8.38. The maximum atomic E-state index is 14.4. The summed E-state index contributed by atoms with van der Waals surface area (Å²) < 4.78 is 30.0. The predicted molar refractivity (Wildman–Crippen MR) is 155 cm³/mol. The van der Waals surface area contributed by atoms with Crippen molar-refractivity contribution < 1.29 is 13.6 Å². The number of carbonyl (C=O) groups is 1. The largest absolute Gasteiger partial charge is 0.308 e. The summed E-state index contributed by atoms with van der Waals surface area (Å²) in [4.78, 5) is 17.8. The molecule has 2 unspecified atom stereocenters. The average Bonchev–Trinajstić information content (AvgIpc) is 3.24. The Morgan fingerprint density at radius 1 is 1.22 bits per heavy atom. The second-order valence-electron chi connectivity index (χ2n) is 12.8. The molecule has 5 atom stereocenters. The van der Waals surface area contributed by atoms with Crippen molar-refractivity contribution in [1.82, 2.24) is 20.2 Å². The van der Waals surface area contributed by atoms with Gasteiger partial charge >= 0.3 is 0 Å². The molecule has 4 aliphatic rings. The molecule has 0 saturated heterocycles. The van der Waals surface area contributed by atoms with E-state index in [1.165, 1.54) is 43.7 Å². The van der Waals surface area contributed by atoms with Gasteiger partial charge < -0.3 is 20.5 Å². The number of hydrogen-bond acceptors (Lipinski definition) is 4. The number of nitrogens with one attached hydrogen (secondary N) is 3. The van der Waals surface area contributed by atoms with Crippen LogP contribution in [0.1, 0.15) is 75.0 Å². The molecule has 0 bridgehead atoms. The molecule has 3 N–H and O–H groups in total. The van der Waals surface area contributed by atoms with Crippen LogP contribution >= 0.6 is 0 Å². The Balaban J connectivity index is 0.996. The lowest BCUT2D eigenvalue weighted by molar-refractivity contribution is -0.118. The number of amides is 1. The van der Waals surface area contributed by atoms with Gasteiger partial charge in [-0.1, -0.05) is 38.0 Å². The number of hydrogen-bond donors (Lipinski definition) is 3. The van der Waals surface area contributed by atoms with Gasteiger partial charge in [0, 0.05) is 24.2 Å². The molecule has 6 nitrogen and oxygen atoms in total. The van der Waals surface area contributed by atoms with E-state index >= 15 is 0 Å². The third-order valence-corrected chi connectivity index (χ3v) is 10.5. The number of fused-ring (bicyclic) bond motifs is 1. The topological polar surface area (TPSA) is 71.0 Å². The minimum Gasteiger partial charge on any atom is -0.308 e. The standard InChI is InChI=1S/C33H39F2N5O/c1-2-6-28(38-25-11-10-21-13-24(34)14-27(35)26(21)15-25)31(41)39-30-18-40(20-36-30)29-9-4-3-7-22(29)17-37-33-16-23-8-5-12-32(23,33)19-33/h3-4,7,9,13-14,18,20,23,25,28,37-38H,2,5-6,8,10-12,15-17,19H2,1H3,(H,39,41)/t23-,25-,28?,32?,33-/m0/s1. The van der Waals surface area contributed by atoms with Crippen LogP contribution in [0.15, 0.2) is 48.9 Å². The van der Waals surface area contributed by atoms with E-state index in [-0.39, 0.29) is 11.9 Å². The lowest BCUT2D eigenvalue weighted by Gasteiger charge is -2.40. The average molecular weight is 560 g/mol. The zero-order valence-electron chi connectivity index (χ0n) is 23.7. The van der Waals surface area contributed by atoms with Gasteiger partial charge in [-0.3, -0.25) is 4.79 Å². The summed E-state index contributed by atoms with van der Waals surface area (Å²) in [5.41, 5.74) is 4.50. The number of benzene rings is 2. The monoisotopic (exact) mass is 559 g/mol. The van der Waals surface area contributed by atoms with Gasteiger partial charge in [0.05, 0.1) is 17.9 Å². The molecule has 1 amide bonds. The fraction of sp³-hybridized carbons (Fsp3) is 0.515. The molecule has 1 heterocycles. The third-order valence-electron chi connectivity index (χ3n) is 10.5. The number of nitrogens with zero attached hydrogens (tertiary/aromatic N) is 2. The van der Waals surface area contributed by atoms with Crippen molar-refractivity contribution in [2.24, 2.45) is 11.3 Å². The van der Waals surface area contributed by atoms with E-state index in [1.54, 1.807) is 6.33 Å². The number of imidazole rings is 1.